The summed E-state index contributed by atoms with van der Waals surface area (Å²) in [6.07, 6.45) is 2.76. The fraction of sp³-hybridized carbons (Fsp3) is 0.158. The van der Waals surface area contributed by atoms with Gasteiger partial charge in [-0.25, -0.2) is 4.79 Å². The van der Waals surface area contributed by atoms with Crippen LogP contribution in [0.1, 0.15) is 16.7 Å². The Labute approximate surface area is 156 Å². The zero-order valence-corrected chi connectivity index (χ0v) is 15.3. The van der Waals surface area contributed by atoms with E-state index in [2.05, 4.69) is 5.32 Å². The van der Waals surface area contributed by atoms with Crippen LogP contribution in [-0.2, 0) is 14.3 Å². The summed E-state index contributed by atoms with van der Waals surface area (Å²) in [4.78, 5) is 23.6. The van der Waals surface area contributed by atoms with Crippen molar-refractivity contribution in [2.24, 2.45) is 0 Å². The summed E-state index contributed by atoms with van der Waals surface area (Å²) in [7, 11) is 0. The normalized spacial score (nSPS) is 10.7. The lowest BCUT2D eigenvalue weighted by Gasteiger charge is -2.10. The quantitative estimate of drug-likeness (QED) is 0.600. The SMILES string of the molecule is Cc1cccc(NC(=O)COC(=O)/C=C/c2ccc(Cl)c(Cl)c2)c1C. The van der Waals surface area contributed by atoms with Crippen molar-refractivity contribution in [1.82, 2.24) is 0 Å². The molecule has 2 rings (SSSR count). The third kappa shape index (κ3) is 5.62. The number of ether oxygens (including phenoxy) is 1. The van der Waals surface area contributed by atoms with Gasteiger partial charge in [-0.15, -0.1) is 0 Å². The minimum absolute atomic E-state index is 0.363. The van der Waals surface area contributed by atoms with Crippen molar-refractivity contribution in [2.45, 2.75) is 13.8 Å². The maximum absolute atomic E-state index is 11.9. The van der Waals surface area contributed by atoms with E-state index in [9.17, 15) is 9.59 Å². The highest BCUT2D eigenvalue weighted by atomic mass is 35.5. The predicted molar refractivity (Wildman–Crippen MR) is 101 cm³/mol. The van der Waals surface area contributed by atoms with Crippen LogP contribution in [0.5, 0.6) is 0 Å². The van der Waals surface area contributed by atoms with Crippen LogP contribution in [0.4, 0.5) is 5.69 Å². The van der Waals surface area contributed by atoms with Gasteiger partial charge in [0.15, 0.2) is 6.61 Å². The summed E-state index contributed by atoms with van der Waals surface area (Å²) >= 11 is 11.7. The first-order valence-corrected chi connectivity index (χ1v) is 8.28. The number of rotatable bonds is 5. The second kappa shape index (κ2) is 8.70. The summed E-state index contributed by atoms with van der Waals surface area (Å²) in [6.45, 7) is 3.51. The molecule has 130 valence electrons. The summed E-state index contributed by atoms with van der Waals surface area (Å²) in [5.41, 5.74) is 3.44. The molecule has 1 amide bonds. The van der Waals surface area contributed by atoms with Crippen molar-refractivity contribution in [3.8, 4) is 0 Å². The Morgan fingerprint density at radius 2 is 1.88 bits per heavy atom. The maximum Gasteiger partial charge on any atom is 0.331 e. The standard InChI is InChI=1S/C19H17Cl2NO3/c1-12-4-3-5-17(13(12)2)22-18(23)11-25-19(24)9-7-14-6-8-15(20)16(21)10-14/h3-10H,11H2,1-2H3,(H,22,23)/b9-7+. The van der Waals surface area contributed by atoms with Crippen molar-refractivity contribution in [2.75, 3.05) is 11.9 Å². The second-order valence-corrected chi connectivity index (χ2v) is 6.22. The fourth-order valence-corrected chi connectivity index (χ4v) is 2.34. The molecular formula is C19H17Cl2NO3. The summed E-state index contributed by atoms with van der Waals surface area (Å²) in [5.74, 6) is -1.02. The number of benzene rings is 2. The summed E-state index contributed by atoms with van der Waals surface area (Å²) < 4.78 is 4.93. The molecule has 0 aliphatic carbocycles. The molecule has 0 radical (unpaired) electrons. The predicted octanol–water partition coefficient (Wildman–Crippen LogP) is 4.81. The van der Waals surface area contributed by atoms with Crippen LogP contribution in [0.15, 0.2) is 42.5 Å². The molecular weight excluding hydrogens is 361 g/mol. The number of amides is 1. The van der Waals surface area contributed by atoms with Gasteiger partial charge in [0.1, 0.15) is 0 Å². The zero-order chi connectivity index (χ0) is 18.4. The molecule has 0 saturated heterocycles. The van der Waals surface area contributed by atoms with E-state index in [-0.39, 0.29) is 6.61 Å². The molecule has 0 saturated carbocycles. The molecule has 0 aliphatic rings. The third-order valence-corrected chi connectivity index (χ3v) is 4.32. The van der Waals surface area contributed by atoms with E-state index in [0.29, 0.717) is 21.3 Å². The maximum atomic E-state index is 11.9. The highest BCUT2D eigenvalue weighted by Gasteiger charge is 2.08. The van der Waals surface area contributed by atoms with Gasteiger partial charge in [0.2, 0.25) is 0 Å². The Hall–Kier alpha value is -2.30. The van der Waals surface area contributed by atoms with Gasteiger partial charge in [-0.05, 0) is 54.8 Å². The largest absolute Gasteiger partial charge is 0.452 e. The first-order valence-electron chi connectivity index (χ1n) is 7.53. The van der Waals surface area contributed by atoms with Crippen molar-refractivity contribution >= 4 is 46.8 Å². The number of aryl methyl sites for hydroxylation is 1. The molecule has 25 heavy (non-hydrogen) atoms. The number of hydrogen-bond acceptors (Lipinski definition) is 3. The van der Waals surface area contributed by atoms with Crippen LogP contribution in [0.2, 0.25) is 10.0 Å². The minimum Gasteiger partial charge on any atom is -0.452 e. The van der Waals surface area contributed by atoms with Gasteiger partial charge >= 0.3 is 5.97 Å². The van der Waals surface area contributed by atoms with Gasteiger partial charge in [-0.1, -0.05) is 41.4 Å². The fourth-order valence-electron chi connectivity index (χ4n) is 2.04. The Morgan fingerprint density at radius 1 is 1.12 bits per heavy atom. The second-order valence-electron chi connectivity index (χ2n) is 5.41. The van der Waals surface area contributed by atoms with Crippen LogP contribution in [0, 0.1) is 13.8 Å². The number of anilines is 1. The number of carbonyl (C=O) groups excluding carboxylic acids is 2. The number of carbonyl (C=O) groups is 2. The minimum atomic E-state index is -0.623. The molecule has 0 spiro atoms. The van der Waals surface area contributed by atoms with Crippen LogP contribution < -0.4 is 5.32 Å². The van der Waals surface area contributed by atoms with Gasteiger partial charge in [0.25, 0.3) is 5.91 Å². The van der Waals surface area contributed by atoms with Crippen LogP contribution >= 0.6 is 23.2 Å². The van der Waals surface area contributed by atoms with Crippen molar-refractivity contribution < 1.29 is 14.3 Å². The lowest BCUT2D eigenvalue weighted by Crippen LogP contribution is -2.20. The van der Waals surface area contributed by atoms with E-state index in [1.807, 2.05) is 26.0 Å². The van der Waals surface area contributed by atoms with Crippen LogP contribution in [0.25, 0.3) is 6.08 Å². The lowest BCUT2D eigenvalue weighted by molar-refractivity contribution is -0.142. The molecule has 2 aromatic rings. The Morgan fingerprint density at radius 3 is 2.60 bits per heavy atom. The third-order valence-electron chi connectivity index (χ3n) is 3.58. The van der Waals surface area contributed by atoms with Crippen LogP contribution in [-0.4, -0.2) is 18.5 Å². The van der Waals surface area contributed by atoms with Gasteiger partial charge in [0, 0.05) is 11.8 Å². The Balaban J connectivity index is 1.86. The summed E-state index contributed by atoms with van der Waals surface area (Å²) in [6, 6.07) is 10.6. The topological polar surface area (TPSA) is 55.4 Å². The molecule has 4 nitrogen and oxygen atoms in total. The molecule has 2 aromatic carbocycles. The molecule has 0 aliphatic heterocycles. The zero-order valence-electron chi connectivity index (χ0n) is 13.8. The first-order chi connectivity index (χ1) is 11.9. The van der Waals surface area contributed by atoms with Gasteiger partial charge < -0.3 is 10.1 Å². The average Bonchev–Trinajstić information content (AvgIpc) is 2.58. The van der Waals surface area contributed by atoms with E-state index < -0.39 is 11.9 Å². The molecule has 0 bridgehead atoms. The molecule has 0 heterocycles. The molecule has 1 N–H and O–H groups in total. The van der Waals surface area contributed by atoms with Gasteiger partial charge in [-0.2, -0.15) is 0 Å². The van der Waals surface area contributed by atoms with Gasteiger partial charge in [0.05, 0.1) is 10.0 Å². The van der Waals surface area contributed by atoms with Crippen molar-refractivity contribution in [3.63, 3.8) is 0 Å². The monoisotopic (exact) mass is 377 g/mol. The number of nitrogens with one attached hydrogen (secondary N) is 1. The van der Waals surface area contributed by atoms with E-state index >= 15 is 0 Å². The number of halogens is 2. The van der Waals surface area contributed by atoms with E-state index in [1.54, 1.807) is 24.3 Å². The molecule has 0 fully saturated rings. The smallest absolute Gasteiger partial charge is 0.331 e. The highest BCUT2D eigenvalue weighted by Crippen LogP contribution is 2.23. The lowest BCUT2D eigenvalue weighted by atomic mass is 10.1. The molecule has 0 aromatic heterocycles. The Kier molecular flexibility index (Phi) is 6.62. The van der Waals surface area contributed by atoms with E-state index in [1.165, 1.54) is 12.2 Å². The van der Waals surface area contributed by atoms with Gasteiger partial charge in [-0.3, -0.25) is 4.79 Å². The van der Waals surface area contributed by atoms with Crippen molar-refractivity contribution in [3.05, 3.63) is 69.2 Å². The summed E-state index contributed by atoms with van der Waals surface area (Å²) in [5, 5.41) is 3.55. The number of hydrogen-bond donors (Lipinski definition) is 1. The average molecular weight is 378 g/mol. The Bertz CT molecular complexity index is 831. The van der Waals surface area contributed by atoms with Crippen LogP contribution in [0.3, 0.4) is 0 Å². The first kappa shape index (κ1) is 19.0. The van der Waals surface area contributed by atoms with Crippen molar-refractivity contribution in [1.29, 1.82) is 0 Å². The highest BCUT2D eigenvalue weighted by molar-refractivity contribution is 6.42. The number of esters is 1. The molecule has 0 unspecified atom stereocenters. The molecule has 0 atom stereocenters. The van der Waals surface area contributed by atoms with E-state index in [4.69, 9.17) is 27.9 Å². The van der Waals surface area contributed by atoms with E-state index in [0.717, 1.165) is 11.1 Å². The molecule has 6 heteroatoms.